The Morgan fingerprint density at radius 3 is 2.62 bits per heavy atom. The third-order valence-electron chi connectivity index (χ3n) is 3.71. The summed E-state index contributed by atoms with van der Waals surface area (Å²) in [5.74, 6) is 0.0306. The van der Waals surface area contributed by atoms with Gasteiger partial charge < -0.3 is 9.47 Å². The van der Waals surface area contributed by atoms with E-state index in [9.17, 15) is 9.18 Å². The standard InChI is InChI=1S/C19H20ClFO3/c1-4-13-7-6-8-17(24-19(22)5-2)14(13)11-23-18-10-16(21)12(3)9-15(18)20/h6-10H,4-5,11H2,1-3H3. The van der Waals surface area contributed by atoms with Crippen LogP contribution in [-0.4, -0.2) is 5.97 Å². The Balaban J connectivity index is 2.28. The van der Waals surface area contributed by atoms with Crippen molar-refractivity contribution in [1.82, 2.24) is 0 Å². The molecule has 3 nitrogen and oxygen atoms in total. The molecule has 0 heterocycles. The number of benzene rings is 2. The topological polar surface area (TPSA) is 35.5 Å². The minimum absolute atomic E-state index is 0.137. The zero-order valence-corrected chi connectivity index (χ0v) is 14.7. The Labute approximate surface area is 146 Å². The van der Waals surface area contributed by atoms with Gasteiger partial charge in [-0.15, -0.1) is 0 Å². The van der Waals surface area contributed by atoms with Gasteiger partial charge in [0, 0.05) is 18.1 Å². The van der Waals surface area contributed by atoms with Crippen LogP contribution in [0.1, 0.15) is 37.0 Å². The summed E-state index contributed by atoms with van der Waals surface area (Å²) >= 11 is 6.11. The van der Waals surface area contributed by atoms with E-state index in [1.165, 1.54) is 12.1 Å². The van der Waals surface area contributed by atoms with Gasteiger partial charge in [-0.1, -0.05) is 37.6 Å². The highest BCUT2D eigenvalue weighted by molar-refractivity contribution is 6.32. The molecule has 0 radical (unpaired) electrons. The normalized spacial score (nSPS) is 10.5. The van der Waals surface area contributed by atoms with Crippen molar-refractivity contribution in [1.29, 1.82) is 0 Å². The summed E-state index contributed by atoms with van der Waals surface area (Å²) in [6, 6.07) is 8.29. The summed E-state index contributed by atoms with van der Waals surface area (Å²) in [6.07, 6.45) is 1.04. The molecule has 5 heteroatoms. The van der Waals surface area contributed by atoms with E-state index < -0.39 is 0 Å². The third kappa shape index (κ3) is 4.26. The number of ether oxygens (including phenoxy) is 2. The summed E-state index contributed by atoms with van der Waals surface area (Å²) in [6.45, 7) is 5.51. The number of aryl methyl sites for hydroxylation is 2. The molecule has 2 rings (SSSR count). The molecule has 128 valence electrons. The maximum atomic E-state index is 13.7. The van der Waals surface area contributed by atoms with Crippen molar-refractivity contribution >= 4 is 17.6 Å². The maximum absolute atomic E-state index is 13.7. The van der Waals surface area contributed by atoms with Crippen molar-refractivity contribution in [2.75, 3.05) is 0 Å². The number of hydrogen-bond donors (Lipinski definition) is 0. The molecule has 24 heavy (non-hydrogen) atoms. The third-order valence-corrected chi connectivity index (χ3v) is 4.00. The Morgan fingerprint density at radius 1 is 1.21 bits per heavy atom. The second-order valence-corrected chi connectivity index (χ2v) is 5.80. The number of carbonyl (C=O) groups excluding carboxylic acids is 1. The lowest BCUT2D eigenvalue weighted by molar-refractivity contribution is -0.134. The largest absolute Gasteiger partial charge is 0.487 e. The second kappa shape index (κ2) is 8.15. The van der Waals surface area contributed by atoms with Gasteiger partial charge in [0.15, 0.2) is 0 Å². The minimum Gasteiger partial charge on any atom is -0.487 e. The number of rotatable bonds is 6. The fourth-order valence-electron chi connectivity index (χ4n) is 2.29. The van der Waals surface area contributed by atoms with E-state index >= 15 is 0 Å². The van der Waals surface area contributed by atoms with Gasteiger partial charge in [0.2, 0.25) is 0 Å². The summed E-state index contributed by atoms with van der Waals surface area (Å²) in [5, 5.41) is 0.343. The van der Waals surface area contributed by atoms with Gasteiger partial charge in [-0.2, -0.15) is 0 Å². The first-order valence-electron chi connectivity index (χ1n) is 7.86. The number of hydrogen-bond acceptors (Lipinski definition) is 3. The summed E-state index contributed by atoms with van der Waals surface area (Å²) in [4.78, 5) is 11.6. The van der Waals surface area contributed by atoms with Crippen molar-refractivity contribution in [3.05, 3.63) is 57.9 Å². The van der Waals surface area contributed by atoms with Gasteiger partial charge in [0.05, 0.1) is 5.02 Å². The monoisotopic (exact) mass is 350 g/mol. The quantitative estimate of drug-likeness (QED) is 0.527. The molecule has 0 fully saturated rings. The van der Waals surface area contributed by atoms with Crippen LogP contribution in [-0.2, 0) is 17.8 Å². The van der Waals surface area contributed by atoms with Crippen LogP contribution in [0, 0.1) is 12.7 Å². The van der Waals surface area contributed by atoms with Crippen molar-refractivity contribution in [3.8, 4) is 11.5 Å². The van der Waals surface area contributed by atoms with Gasteiger partial charge in [-0.05, 0) is 36.6 Å². The average Bonchev–Trinajstić information content (AvgIpc) is 2.57. The maximum Gasteiger partial charge on any atom is 0.310 e. The molecule has 0 aromatic heterocycles. The van der Waals surface area contributed by atoms with Gasteiger partial charge in [0.1, 0.15) is 23.9 Å². The smallest absolute Gasteiger partial charge is 0.310 e. The molecule has 0 saturated heterocycles. The van der Waals surface area contributed by atoms with E-state index in [0.717, 1.165) is 17.5 Å². The molecule has 0 saturated carbocycles. The van der Waals surface area contributed by atoms with Crippen LogP contribution in [0.2, 0.25) is 5.02 Å². The van der Waals surface area contributed by atoms with E-state index in [1.54, 1.807) is 19.9 Å². The highest BCUT2D eigenvalue weighted by atomic mass is 35.5. The van der Waals surface area contributed by atoms with Crippen LogP contribution in [0.5, 0.6) is 11.5 Å². The van der Waals surface area contributed by atoms with E-state index in [-0.39, 0.29) is 30.6 Å². The first-order chi connectivity index (χ1) is 11.5. The first kappa shape index (κ1) is 18.3. The highest BCUT2D eigenvalue weighted by Crippen LogP contribution is 2.30. The highest BCUT2D eigenvalue weighted by Gasteiger charge is 2.14. The van der Waals surface area contributed by atoms with E-state index in [2.05, 4.69) is 0 Å². The molecule has 0 aliphatic carbocycles. The Hall–Kier alpha value is -2.07. The first-order valence-corrected chi connectivity index (χ1v) is 8.23. The summed E-state index contributed by atoms with van der Waals surface area (Å²) in [7, 11) is 0. The molecule has 2 aromatic carbocycles. The molecular weight excluding hydrogens is 331 g/mol. The lowest BCUT2D eigenvalue weighted by atomic mass is 10.0. The number of esters is 1. The fourth-order valence-corrected chi connectivity index (χ4v) is 2.56. The predicted octanol–water partition coefficient (Wildman–Crippen LogP) is 5.24. The minimum atomic E-state index is -0.379. The van der Waals surface area contributed by atoms with Crippen LogP contribution in [0.3, 0.4) is 0 Å². The average molecular weight is 351 g/mol. The van der Waals surface area contributed by atoms with Gasteiger partial charge in [-0.25, -0.2) is 4.39 Å². The van der Waals surface area contributed by atoms with Gasteiger partial charge >= 0.3 is 5.97 Å². The summed E-state index contributed by atoms with van der Waals surface area (Å²) in [5.41, 5.74) is 2.22. The molecule has 2 aromatic rings. The Kier molecular flexibility index (Phi) is 6.21. The fraction of sp³-hybridized carbons (Fsp3) is 0.316. The molecule has 0 spiro atoms. The van der Waals surface area contributed by atoms with E-state index in [0.29, 0.717) is 16.3 Å². The van der Waals surface area contributed by atoms with E-state index in [4.69, 9.17) is 21.1 Å². The number of carbonyl (C=O) groups is 1. The van der Waals surface area contributed by atoms with Crippen LogP contribution in [0.4, 0.5) is 4.39 Å². The van der Waals surface area contributed by atoms with E-state index in [1.807, 2.05) is 19.1 Å². The Bertz CT molecular complexity index is 744. The SMILES string of the molecule is CCC(=O)Oc1cccc(CC)c1COc1cc(F)c(C)cc1Cl. The van der Waals surface area contributed by atoms with Gasteiger partial charge in [-0.3, -0.25) is 4.79 Å². The lowest BCUT2D eigenvalue weighted by Crippen LogP contribution is -2.10. The molecular formula is C19H20ClFO3. The van der Waals surface area contributed by atoms with Crippen molar-refractivity contribution < 1.29 is 18.7 Å². The van der Waals surface area contributed by atoms with Crippen LogP contribution in [0.15, 0.2) is 30.3 Å². The number of halogens is 2. The molecule has 0 aliphatic heterocycles. The molecule has 0 atom stereocenters. The molecule has 0 amide bonds. The van der Waals surface area contributed by atoms with Crippen LogP contribution in [0.25, 0.3) is 0 Å². The molecule has 0 bridgehead atoms. The Morgan fingerprint density at radius 2 is 1.96 bits per heavy atom. The lowest BCUT2D eigenvalue weighted by Gasteiger charge is -2.15. The molecule has 0 N–H and O–H groups in total. The van der Waals surface area contributed by atoms with Crippen molar-refractivity contribution in [2.45, 2.75) is 40.2 Å². The molecule has 0 aliphatic rings. The zero-order valence-electron chi connectivity index (χ0n) is 14.0. The zero-order chi connectivity index (χ0) is 17.7. The van der Waals surface area contributed by atoms with Crippen LogP contribution < -0.4 is 9.47 Å². The van der Waals surface area contributed by atoms with Crippen molar-refractivity contribution in [3.63, 3.8) is 0 Å². The van der Waals surface area contributed by atoms with Crippen molar-refractivity contribution in [2.24, 2.45) is 0 Å². The summed E-state index contributed by atoms with van der Waals surface area (Å²) < 4.78 is 24.8. The molecule has 0 unspecified atom stereocenters. The van der Waals surface area contributed by atoms with Gasteiger partial charge in [0.25, 0.3) is 0 Å². The van der Waals surface area contributed by atoms with Crippen LogP contribution >= 0.6 is 11.6 Å². The predicted molar refractivity (Wildman–Crippen MR) is 92.2 cm³/mol. The second-order valence-electron chi connectivity index (χ2n) is 5.40.